The molecule has 0 aliphatic rings. The summed E-state index contributed by atoms with van der Waals surface area (Å²) in [6.07, 6.45) is -0.698. The van der Waals surface area contributed by atoms with Gasteiger partial charge >= 0.3 is 6.03 Å². The molecular weight excluding hydrogens is 246 g/mol. The fourth-order valence-electron chi connectivity index (χ4n) is 1.64. The van der Waals surface area contributed by atoms with Crippen LogP contribution in [0.15, 0.2) is 24.3 Å². The number of hydrogen-bond acceptors (Lipinski definition) is 4. The molecule has 0 aliphatic carbocycles. The number of likely N-dealkylation sites (N-methyl/N-ethyl adjacent to an activating group) is 1. The van der Waals surface area contributed by atoms with E-state index in [1.165, 1.54) is 12.0 Å². The number of carbonyl (C=O) groups excluding carboxylic acids is 1. The van der Waals surface area contributed by atoms with Crippen LogP contribution in [0.2, 0.25) is 0 Å². The van der Waals surface area contributed by atoms with E-state index in [0.29, 0.717) is 12.2 Å². The van der Waals surface area contributed by atoms with Crippen LogP contribution in [0.25, 0.3) is 0 Å². The van der Waals surface area contributed by atoms with Gasteiger partial charge in [-0.1, -0.05) is 12.1 Å². The van der Waals surface area contributed by atoms with E-state index in [1.54, 1.807) is 13.1 Å². The van der Waals surface area contributed by atoms with Crippen molar-refractivity contribution in [3.63, 3.8) is 0 Å². The molecule has 0 spiro atoms. The topological polar surface area (TPSA) is 87.8 Å². The SMILES string of the molecule is COCC(O)CN(C)C(=O)Nc1cccc(CN)c1. The van der Waals surface area contributed by atoms with Crippen LogP contribution >= 0.6 is 0 Å². The van der Waals surface area contributed by atoms with Crippen LogP contribution in [0, 0.1) is 0 Å². The molecule has 0 fully saturated rings. The lowest BCUT2D eigenvalue weighted by Gasteiger charge is -2.21. The van der Waals surface area contributed by atoms with Gasteiger partial charge in [-0.2, -0.15) is 0 Å². The van der Waals surface area contributed by atoms with Gasteiger partial charge in [0.15, 0.2) is 0 Å². The minimum Gasteiger partial charge on any atom is -0.389 e. The van der Waals surface area contributed by atoms with Crippen LogP contribution < -0.4 is 11.1 Å². The van der Waals surface area contributed by atoms with E-state index in [0.717, 1.165) is 5.56 Å². The van der Waals surface area contributed by atoms with Gasteiger partial charge in [0.1, 0.15) is 0 Å². The second-order valence-corrected chi connectivity index (χ2v) is 4.32. The largest absolute Gasteiger partial charge is 0.389 e. The fraction of sp³-hybridized carbons (Fsp3) is 0.462. The highest BCUT2D eigenvalue weighted by atomic mass is 16.5. The van der Waals surface area contributed by atoms with Gasteiger partial charge in [0.2, 0.25) is 0 Å². The van der Waals surface area contributed by atoms with Crippen molar-refractivity contribution in [2.45, 2.75) is 12.6 Å². The van der Waals surface area contributed by atoms with Crippen molar-refractivity contribution in [2.24, 2.45) is 5.73 Å². The smallest absolute Gasteiger partial charge is 0.321 e. The Balaban J connectivity index is 2.53. The highest BCUT2D eigenvalue weighted by molar-refractivity contribution is 5.89. The predicted molar refractivity (Wildman–Crippen MR) is 73.9 cm³/mol. The Morgan fingerprint density at radius 2 is 2.32 bits per heavy atom. The van der Waals surface area contributed by atoms with E-state index < -0.39 is 6.10 Å². The molecule has 19 heavy (non-hydrogen) atoms. The third kappa shape index (κ3) is 5.25. The molecule has 1 aromatic rings. The summed E-state index contributed by atoms with van der Waals surface area (Å²) in [5, 5.41) is 12.3. The number of nitrogens with two attached hydrogens (primary N) is 1. The zero-order valence-electron chi connectivity index (χ0n) is 11.3. The number of aliphatic hydroxyl groups is 1. The molecule has 0 radical (unpaired) electrons. The average molecular weight is 267 g/mol. The van der Waals surface area contributed by atoms with Crippen LogP contribution in [0.3, 0.4) is 0 Å². The molecular formula is C13H21N3O3. The van der Waals surface area contributed by atoms with Gasteiger partial charge < -0.3 is 25.8 Å². The Morgan fingerprint density at radius 3 is 2.95 bits per heavy atom. The van der Waals surface area contributed by atoms with E-state index in [9.17, 15) is 9.90 Å². The number of nitrogens with one attached hydrogen (secondary N) is 1. The highest BCUT2D eigenvalue weighted by Gasteiger charge is 2.13. The maximum absolute atomic E-state index is 11.9. The Morgan fingerprint density at radius 1 is 1.58 bits per heavy atom. The Labute approximate surface area is 113 Å². The van der Waals surface area contributed by atoms with E-state index in [2.05, 4.69) is 5.32 Å². The van der Waals surface area contributed by atoms with Gasteiger partial charge in [-0.3, -0.25) is 0 Å². The molecule has 0 bridgehead atoms. The molecule has 0 aliphatic heterocycles. The quantitative estimate of drug-likeness (QED) is 0.705. The van der Waals surface area contributed by atoms with Gasteiger partial charge in [0.25, 0.3) is 0 Å². The summed E-state index contributed by atoms with van der Waals surface area (Å²) in [6, 6.07) is 7.04. The number of amides is 2. The van der Waals surface area contributed by atoms with Crippen molar-refractivity contribution in [3.8, 4) is 0 Å². The van der Waals surface area contributed by atoms with Crippen LogP contribution in [0.1, 0.15) is 5.56 Å². The van der Waals surface area contributed by atoms with Crippen LogP contribution in [-0.2, 0) is 11.3 Å². The molecule has 2 amide bonds. The normalized spacial score (nSPS) is 12.0. The Hall–Kier alpha value is -1.63. The van der Waals surface area contributed by atoms with Gasteiger partial charge in [0.05, 0.1) is 19.3 Å². The molecule has 106 valence electrons. The van der Waals surface area contributed by atoms with E-state index in [4.69, 9.17) is 10.5 Å². The lowest BCUT2D eigenvalue weighted by atomic mass is 10.2. The number of anilines is 1. The zero-order chi connectivity index (χ0) is 14.3. The van der Waals surface area contributed by atoms with Crippen molar-refractivity contribution >= 4 is 11.7 Å². The molecule has 0 saturated heterocycles. The number of rotatable bonds is 6. The standard InChI is InChI=1S/C13H21N3O3/c1-16(8-12(17)9-19-2)13(18)15-11-5-3-4-10(6-11)7-14/h3-6,12,17H,7-9,14H2,1-2H3,(H,15,18). The maximum Gasteiger partial charge on any atom is 0.321 e. The monoisotopic (exact) mass is 267 g/mol. The van der Waals surface area contributed by atoms with E-state index >= 15 is 0 Å². The van der Waals surface area contributed by atoms with Crippen molar-refractivity contribution in [1.82, 2.24) is 4.90 Å². The maximum atomic E-state index is 11.9. The van der Waals surface area contributed by atoms with E-state index in [1.807, 2.05) is 18.2 Å². The first-order valence-electron chi connectivity index (χ1n) is 6.05. The van der Waals surface area contributed by atoms with Crippen molar-refractivity contribution in [2.75, 3.05) is 32.6 Å². The van der Waals surface area contributed by atoms with E-state index in [-0.39, 0.29) is 19.2 Å². The molecule has 6 heteroatoms. The lowest BCUT2D eigenvalue weighted by Crippen LogP contribution is -2.38. The minimum atomic E-state index is -0.698. The number of aliphatic hydroxyl groups excluding tert-OH is 1. The van der Waals surface area contributed by atoms with Crippen LogP contribution in [0.4, 0.5) is 10.5 Å². The second-order valence-electron chi connectivity index (χ2n) is 4.32. The fourth-order valence-corrected chi connectivity index (χ4v) is 1.64. The number of methoxy groups -OCH3 is 1. The molecule has 1 rings (SSSR count). The molecule has 6 nitrogen and oxygen atoms in total. The van der Waals surface area contributed by atoms with Gasteiger partial charge in [0, 0.05) is 26.4 Å². The van der Waals surface area contributed by atoms with Gasteiger partial charge in [-0.15, -0.1) is 0 Å². The zero-order valence-corrected chi connectivity index (χ0v) is 11.3. The summed E-state index contributed by atoms with van der Waals surface area (Å²) < 4.78 is 4.81. The average Bonchev–Trinajstić information content (AvgIpc) is 2.39. The molecule has 1 unspecified atom stereocenters. The molecule has 4 N–H and O–H groups in total. The summed E-state index contributed by atoms with van der Waals surface area (Å²) in [4.78, 5) is 13.3. The van der Waals surface area contributed by atoms with Crippen molar-refractivity contribution in [1.29, 1.82) is 0 Å². The molecule has 0 saturated carbocycles. The second kappa shape index (κ2) is 7.73. The summed E-state index contributed by atoms with van der Waals surface area (Å²) in [5.41, 5.74) is 7.16. The first kappa shape index (κ1) is 15.4. The van der Waals surface area contributed by atoms with Crippen LogP contribution in [-0.4, -0.2) is 49.5 Å². The first-order chi connectivity index (χ1) is 9.06. The predicted octanol–water partition coefficient (Wildman–Crippen LogP) is 0.616. The number of ether oxygens (including phenoxy) is 1. The molecule has 1 atom stereocenters. The summed E-state index contributed by atoms with van der Waals surface area (Å²) in [5.74, 6) is 0. The summed E-state index contributed by atoms with van der Waals surface area (Å²) >= 11 is 0. The van der Waals surface area contributed by atoms with Crippen LogP contribution in [0.5, 0.6) is 0 Å². The number of urea groups is 1. The number of carbonyl (C=O) groups is 1. The number of benzene rings is 1. The number of nitrogens with zero attached hydrogens (tertiary/aromatic N) is 1. The van der Waals surface area contributed by atoms with Gasteiger partial charge in [-0.05, 0) is 17.7 Å². The van der Waals surface area contributed by atoms with Gasteiger partial charge in [-0.25, -0.2) is 4.79 Å². The molecule has 1 aromatic carbocycles. The van der Waals surface area contributed by atoms with Crippen molar-refractivity contribution < 1.29 is 14.6 Å². The minimum absolute atomic E-state index is 0.195. The summed E-state index contributed by atoms with van der Waals surface area (Å²) in [7, 11) is 3.11. The summed E-state index contributed by atoms with van der Waals surface area (Å²) in [6.45, 7) is 0.822. The Kier molecular flexibility index (Phi) is 6.27. The molecule has 0 heterocycles. The third-order valence-corrected chi connectivity index (χ3v) is 2.60. The first-order valence-corrected chi connectivity index (χ1v) is 6.05. The number of hydrogen-bond donors (Lipinski definition) is 3. The lowest BCUT2D eigenvalue weighted by molar-refractivity contribution is 0.0501. The molecule has 0 aromatic heterocycles. The third-order valence-electron chi connectivity index (χ3n) is 2.60. The Bertz CT molecular complexity index is 412. The highest BCUT2D eigenvalue weighted by Crippen LogP contribution is 2.10. The van der Waals surface area contributed by atoms with Crippen molar-refractivity contribution in [3.05, 3.63) is 29.8 Å².